The second kappa shape index (κ2) is 14.0. The molecule has 4 aromatic carbocycles. The number of hydrogen-bond donors (Lipinski definition) is 0. The fourth-order valence-electron chi connectivity index (χ4n) is 6.91. The predicted molar refractivity (Wildman–Crippen MR) is 201 cm³/mol. The molecule has 0 amide bonds. The van der Waals surface area contributed by atoms with Crippen molar-refractivity contribution < 1.29 is 25.8 Å². The maximum atomic E-state index is 6.67. The molecule has 6 heteroatoms. The van der Waals surface area contributed by atoms with Crippen LogP contribution >= 0.6 is 0 Å². The molecule has 0 fully saturated rings. The summed E-state index contributed by atoms with van der Waals surface area (Å²) in [6.45, 7) is 17.6. The maximum Gasteiger partial charge on any atom is 2.00 e. The van der Waals surface area contributed by atoms with Crippen LogP contribution in [0.25, 0.3) is 44.4 Å². The van der Waals surface area contributed by atoms with Gasteiger partial charge in [0.15, 0.2) is 0 Å². The molecule has 0 aliphatic carbocycles. The van der Waals surface area contributed by atoms with Crippen LogP contribution in [-0.2, 0) is 27.5 Å². The van der Waals surface area contributed by atoms with Gasteiger partial charge in [0, 0.05) is 34.5 Å². The molecule has 0 aliphatic heterocycles. The number of aromatic nitrogens is 4. The van der Waals surface area contributed by atoms with Gasteiger partial charge in [0.05, 0.1) is 5.69 Å². The van der Waals surface area contributed by atoms with Gasteiger partial charge in [-0.1, -0.05) is 82.6 Å². The van der Waals surface area contributed by atoms with Crippen molar-refractivity contribution >= 4 is 21.8 Å². The zero-order valence-corrected chi connectivity index (χ0v) is 32.4. The van der Waals surface area contributed by atoms with E-state index in [0.29, 0.717) is 17.4 Å². The Hall–Kier alpha value is -4.47. The summed E-state index contributed by atoms with van der Waals surface area (Å²) in [7, 11) is 0. The Morgan fingerprint density at radius 3 is 2.34 bits per heavy atom. The van der Waals surface area contributed by atoms with Crippen LogP contribution in [0.5, 0.6) is 11.5 Å². The van der Waals surface area contributed by atoms with Crippen molar-refractivity contribution in [2.45, 2.75) is 74.1 Å². The number of ether oxygens (including phenoxy) is 1. The third kappa shape index (κ3) is 6.94. The molecule has 5 nitrogen and oxygen atoms in total. The summed E-state index contributed by atoms with van der Waals surface area (Å²) in [5, 5.41) is 7.31. The summed E-state index contributed by atoms with van der Waals surface area (Å²) in [4.78, 5) is 4.79. The van der Waals surface area contributed by atoms with Gasteiger partial charge in [-0.15, -0.1) is 35.7 Å². The fraction of sp³-hybridized carbons (Fsp3) is 0.273. The van der Waals surface area contributed by atoms with Gasteiger partial charge in [-0.05, 0) is 90.9 Å². The molecule has 3 aromatic heterocycles. The van der Waals surface area contributed by atoms with Crippen molar-refractivity contribution in [1.82, 2.24) is 19.3 Å². The molecule has 0 saturated heterocycles. The molecule has 0 saturated carbocycles. The maximum absolute atomic E-state index is 6.67. The minimum atomic E-state index is 0. The molecule has 3 heterocycles. The summed E-state index contributed by atoms with van der Waals surface area (Å²) >= 11 is 0. The van der Waals surface area contributed by atoms with Gasteiger partial charge in [-0.2, -0.15) is 16.7 Å². The zero-order valence-electron chi connectivity index (χ0n) is 30.2. The normalized spacial score (nSPS) is 12.3. The molecule has 0 N–H and O–H groups in total. The molecular weight excluding hydrogens is 796 g/mol. The van der Waals surface area contributed by atoms with Crippen molar-refractivity contribution in [2.75, 3.05) is 0 Å². The van der Waals surface area contributed by atoms with Crippen LogP contribution in [0.4, 0.5) is 0 Å². The first-order chi connectivity index (χ1) is 23.5. The van der Waals surface area contributed by atoms with E-state index in [9.17, 15) is 0 Å². The zero-order chi connectivity index (χ0) is 34.4. The van der Waals surface area contributed by atoms with Gasteiger partial charge >= 0.3 is 21.1 Å². The van der Waals surface area contributed by atoms with Crippen LogP contribution in [0.2, 0.25) is 0 Å². The largest absolute Gasteiger partial charge is 2.00 e. The number of hydrogen-bond acceptors (Lipinski definition) is 3. The fourth-order valence-corrected chi connectivity index (χ4v) is 6.91. The quantitative estimate of drug-likeness (QED) is 0.143. The first-order valence-corrected chi connectivity index (χ1v) is 17.3. The summed E-state index contributed by atoms with van der Waals surface area (Å²) in [6, 6.07) is 37.1. The molecule has 7 aromatic rings. The summed E-state index contributed by atoms with van der Waals surface area (Å²) in [6.07, 6.45) is 3.84. The van der Waals surface area contributed by atoms with E-state index in [-0.39, 0.29) is 26.5 Å². The second-order valence-electron chi connectivity index (χ2n) is 14.6. The van der Waals surface area contributed by atoms with Crippen LogP contribution < -0.4 is 4.74 Å². The Morgan fingerprint density at radius 1 is 0.840 bits per heavy atom. The third-order valence-electron chi connectivity index (χ3n) is 9.41. The van der Waals surface area contributed by atoms with E-state index in [0.717, 1.165) is 68.8 Å². The minimum Gasteiger partial charge on any atom is -0.509 e. The van der Waals surface area contributed by atoms with E-state index in [1.54, 1.807) is 0 Å². The van der Waals surface area contributed by atoms with E-state index in [1.807, 2.05) is 29.1 Å². The van der Waals surface area contributed by atoms with Crippen LogP contribution in [-0.4, -0.2) is 19.3 Å². The molecular formula is C44H44N4OPt. The SMILES string of the molecule is CCC(C)c1ccc2c(c1)c1ccc(Oc3[c-]c(-n4nc(C)c(-c5ccccc5)c4C)cc(CC(C)(C)C)c3)[c-]c1n2-c1cc(C)ccn1.[Pt+2]. The smallest absolute Gasteiger partial charge is 0.509 e. The molecule has 256 valence electrons. The third-order valence-corrected chi connectivity index (χ3v) is 9.41. The second-order valence-corrected chi connectivity index (χ2v) is 14.6. The van der Waals surface area contributed by atoms with Crippen molar-refractivity contribution in [2.24, 2.45) is 5.41 Å². The molecule has 1 unspecified atom stereocenters. The first kappa shape index (κ1) is 35.4. The molecule has 0 aliphatic rings. The van der Waals surface area contributed by atoms with E-state index >= 15 is 0 Å². The Balaban J connectivity index is 0.00000432. The molecule has 0 spiro atoms. The molecule has 1 atom stereocenters. The van der Waals surface area contributed by atoms with Gasteiger partial charge in [0.25, 0.3) is 0 Å². The van der Waals surface area contributed by atoms with Crippen LogP contribution in [0.3, 0.4) is 0 Å². The summed E-state index contributed by atoms with van der Waals surface area (Å²) in [5.74, 6) is 2.60. The molecule has 50 heavy (non-hydrogen) atoms. The van der Waals surface area contributed by atoms with E-state index in [4.69, 9.17) is 14.8 Å². The minimum absolute atomic E-state index is 0. The van der Waals surface area contributed by atoms with E-state index in [1.165, 1.54) is 16.5 Å². The van der Waals surface area contributed by atoms with E-state index < -0.39 is 0 Å². The molecule has 0 bridgehead atoms. The standard InChI is InChI=1S/C44H44N4O.Pt/c1-9-29(3)34-15-18-40-39(24-34)38-17-16-36(26-41(38)47(40)42-21-28(2)19-20-45-42)49-37-23-32(27-44(6,7)8)22-35(25-37)48-31(5)43(30(4)46-48)33-13-11-10-12-14-33;/h10-24,29H,9,27H2,1-8H3;/q-2;+2. The number of rotatable bonds is 8. The van der Waals surface area contributed by atoms with Gasteiger partial charge < -0.3 is 9.30 Å². The monoisotopic (exact) mass is 839 g/mol. The topological polar surface area (TPSA) is 44.9 Å². The number of nitrogens with zero attached hydrogens (tertiary/aromatic N) is 4. The number of fused-ring (bicyclic) bond motifs is 3. The number of benzene rings is 4. The molecule has 0 radical (unpaired) electrons. The van der Waals surface area contributed by atoms with Crippen LogP contribution in [0.15, 0.2) is 91.1 Å². The Morgan fingerprint density at radius 2 is 1.62 bits per heavy atom. The average molecular weight is 840 g/mol. The van der Waals surface area contributed by atoms with Crippen molar-refractivity contribution in [3.63, 3.8) is 0 Å². The molecule has 7 rings (SSSR count). The average Bonchev–Trinajstić information content (AvgIpc) is 3.55. The van der Waals surface area contributed by atoms with E-state index in [2.05, 4.69) is 139 Å². The van der Waals surface area contributed by atoms with Crippen LogP contribution in [0.1, 0.15) is 75.0 Å². The van der Waals surface area contributed by atoms with Crippen LogP contribution in [0, 0.1) is 38.3 Å². The van der Waals surface area contributed by atoms with Gasteiger partial charge in [-0.3, -0.25) is 4.68 Å². The number of pyridine rings is 1. The van der Waals surface area contributed by atoms with Crippen molar-refractivity contribution in [3.8, 4) is 34.1 Å². The van der Waals surface area contributed by atoms with Gasteiger partial charge in [0.2, 0.25) is 0 Å². The van der Waals surface area contributed by atoms with Crippen molar-refractivity contribution in [1.29, 1.82) is 0 Å². The Labute approximate surface area is 310 Å². The van der Waals surface area contributed by atoms with Crippen molar-refractivity contribution in [3.05, 3.63) is 131 Å². The summed E-state index contributed by atoms with van der Waals surface area (Å²) < 4.78 is 10.9. The Kier molecular flexibility index (Phi) is 9.93. The first-order valence-electron chi connectivity index (χ1n) is 17.3. The van der Waals surface area contributed by atoms with Gasteiger partial charge in [0.1, 0.15) is 5.82 Å². The predicted octanol–water partition coefficient (Wildman–Crippen LogP) is 11.4. The van der Waals surface area contributed by atoms with Gasteiger partial charge in [-0.25, -0.2) is 4.98 Å². The Bertz CT molecular complexity index is 2310. The summed E-state index contributed by atoms with van der Waals surface area (Å²) in [5.41, 5.74) is 11.0. The number of aryl methyl sites for hydroxylation is 2.